The number of carboxylic acids is 1. The van der Waals surface area contributed by atoms with Gasteiger partial charge in [-0.15, -0.1) is 11.3 Å². The van der Waals surface area contributed by atoms with Crippen LogP contribution in [0.4, 0.5) is 5.69 Å². The van der Waals surface area contributed by atoms with E-state index >= 15 is 0 Å². The van der Waals surface area contributed by atoms with Gasteiger partial charge in [0.05, 0.1) is 10.6 Å². The Morgan fingerprint density at radius 2 is 1.84 bits per heavy atom. The van der Waals surface area contributed by atoms with E-state index < -0.39 is 5.97 Å². The highest BCUT2D eigenvalue weighted by molar-refractivity contribution is 14.1. The molecule has 1 heterocycles. The number of rotatable bonds is 4. The Kier molecular flexibility index (Phi) is 5.41. The van der Waals surface area contributed by atoms with Crippen molar-refractivity contribution in [2.24, 2.45) is 0 Å². The van der Waals surface area contributed by atoms with Gasteiger partial charge in [-0.1, -0.05) is 23.7 Å². The van der Waals surface area contributed by atoms with Gasteiger partial charge >= 0.3 is 5.97 Å². The van der Waals surface area contributed by atoms with Crippen molar-refractivity contribution < 1.29 is 14.7 Å². The predicted molar refractivity (Wildman–Crippen MR) is 109 cm³/mol. The summed E-state index contributed by atoms with van der Waals surface area (Å²) in [6, 6.07) is 14.0. The van der Waals surface area contributed by atoms with Crippen molar-refractivity contribution in [1.29, 1.82) is 0 Å². The lowest BCUT2D eigenvalue weighted by atomic mass is 10.1. The van der Waals surface area contributed by atoms with E-state index in [2.05, 4.69) is 27.9 Å². The zero-order chi connectivity index (χ0) is 18.0. The van der Waals surface area contributed by atoms with E-state index in [1.54, 1.807) is 41.8 Å². The Hall–Kier alpha value is -1.90. The van der Waals surface area contributed by atoms with Crippen molar-refractivity contribution in [2.75, 3.05) is 5.32 Å². The molecule has 0 radical (unpaired) electrons. The van der Waals surface area contributed by atoms with E-state index in [0.717, 1.165) is 3.57 Å². The third-order valence-corrected chi connectivity index (χ3v) is 5.43. The van der Waals surface area contributed by atoms with Gasteiger partial charge in [-0.05, 0) is 64.6 Å². The van der Waals surface area contributed by atoms with Crippen molar-refractivity contribution in [1.82, 2.24) is 0 Å². The molecule has 0 aliphatic carbocycles. The summed E-state index contributed by atoms with van der Waals surface area (Å²) in [4.78, 5) is 24.7. The average molecular weight is 484 g/mol. The van der Waals surface area contributed by atoms with Gasteiger partial charge in [-0.3, -0.25) is 4.79 Å². The third-order valence-electron chi connectivity index (χ3n) is 3.45. The van der Waals surface area contributed by atoms with Gasteiger partial charge in [-0.2, -0.15) is 0 Å². The molecule has 1 aromatic heterocycles. The van der Waals surface area contributed by atoms with E-state index in [1.165, 1.54) is 11.3 Å². The number of carboxylic acid groups (broad SMARTS) is 1. The van der Waals surface area contributed by atoms with Crippen molar-refractivity contribution >= 4 is 63.1 Å². The minimum Gasteiger partial charge on any atom is -0.478 e. The van der Waals surface area contributed by atoms with E-state index in [1.807, 2.05) is 12.1 Å². The molecular weight excluding hydrogens is 473 g/mol. The van der Waals surface area contributed by atoms with Crippen LogP contribution < -0.4 is 5.32 Å². The number of benzene rings is 2. The average Bonchev–Trinajstić information content (AvgIpc) is 2.99. The molecule has 0 bridgehead atoms. The van der Waals surface area contributed by atoms with E-state index in [4.69, 9.17) is 11.6 Å². The summed E-state index contributed by atoms with van der Waals surface area (Å²) in [5.74, 6) is -1.46. The number of halogens is 2. The summed E-state index contributed by atoms with van der Waals surface area (Å²) >= 11 is 9.40. The van der Waals surface area contributed by atoms with Crippen LogP contribution in [-0.2, 0) is 0 Å². The highest BCUT2D eigenvalue weighted by Gasteiger charge is 2.21. The third kappa shape index (κ3) is 4.02. The normalized spacial score (nSPS) is 10.5. The molecule has 3 rings (SSSR count). The Labute approximate surface area is 166 Å². The molecule has 0 aliphatic heterocycles. The maximum absolute atomic E-state index is 12.4. The minimum atomic E-state index is -1.10. The maximum atomic E-state index is 12.4. The zero-order valence-electron chi connectivity index (χ0n) is 12.6. The van der Waals surface area contributed by atoms with Crippen LogP contribution in [0.1, 0.15) is 20.7 Å². The van der Waals surface area contributed by atoms with Crippen LogP contribution in [0.5, 0.6) is 0 Å². The largest absolute Gasteiger partial charge is 0.478 e. The summed E-state index contributed by atoms with van der Waals surface area (Å²) in [6.45, 7) is 0. The molecular formula is C18H11ClINO3S. The lowest BCUT2D eigenvalue weighted by Crippen LogP contribution is -2.14. The molecule has 1 amide bonds. The Morgan fingerprint density at radius 3 is 2.48 bits per heavy atom. The predicted octanol–water partition coefficient (Wildman–Crippen LogP) is 5.62. The molecule has 2 N–H and O–H groups in total. The summed E-state index contributed by atoms with van der Waals surface area (Å²) in [5.41, 5.74) is 1.50. The molecule has 25 heavy (non-hydrogen) atoms. The van der Waals surface area contributed by atoms with E-state index in [0.29, 0.717) is 21.0 Å². The molecule has 0 saturated heterocycles. The smallest absolute Gasteiger partial charge is 0.339 e. The molecule has 0 unspecified atom stereocenters. The second-order valence-corrected chi connectivity index (χ2v) is 7.69. The number of amides is 1. The Morgan fingerprint density at radius 1 is 1.12 bits per heavy atom. The fourth-order valence-corrected chi connectivity index (χ4v) is 3.84. The highest BCUT2D eigenvalue weighted by Crippen LogP contribution is 2.37. The Balaban J connectivity index is 1.96. The highest BCUT2D eigenvalue weighted by atomic mass is 127. The fraction of sp³-hybridized carbons (Fsp3) is 0. The van der Waals surface area contributed by atoms with Crippen LogP contribution in [0, 0.1) is 3.57 Å². The molecule has 0 aliphatic rings. The van der Waals surface area contributed by atoms with Crippen LogP contribution in [0.25, 0.3) is 10.4 Å². The number of carbonyl (C=O) groups is 2. The molecule has 0 fully saturated rings. The number of hydrogen-bond acceptors (Lipinski definition) is 3. The molecule has 2 aromatic carbocycles. The van der Waals surface area contributed by atoms with Crippen LogP contribution in [0.3, 0.4) is 0 Å². The number of anilines is 1. The molecule has 0 atom stereocenters. The first-order chi connectivity index (χ1) is 12.0. The summed E-state index contributed by atoms with van der Waals surface area (Å²) in [7, 11) is 0. The van der Waals surface area contributed by atoms with E-state index in [9.17, 15) is 14.7 Å². The first-order valence-electron chi connectivity index (χ1n) is 7.13. The van der Waals surface area contributed by atoms with Crippen molar-refractivity contribution in [2.45, 2.75) is 0 Å². The zero-order valence-corrected chi connectivity index (χ0v) is 16.4. The molecule has 4 nitrogen and oxygen atoms in total. The number of nitrogens with one attached hydrogen (secondary N) is 1. The summed E-state index contributed by atoms with van der Waals surface area (Å²) in [6.07, 6.45) is 0. The van der Waals surface area contributed by atoms with Crippen molar-refractivity contribution in [3.05, 3.63) is 73.6 Å². The minimum absolute atomic E-state index is 0.0612. The molecule has 0 saturated carbocycles. The number of carbonyl (C=O) groups excluding carboxylic acids is 1. The van der Waals surface area contributed by atoms with Gasteiger partial charge in [0.2, 0.25) is 0 Å². The van der Waals surface area contributed by atoms with Crippen LogP contribution >= 0.6 is 45.5 Å². The maximum Gasteiger partial charge on any atom is 0.339 e. The first kappa shape index (κ1) is 17.9. The van der Waals surface area contributed by atoms with Gasteiger partial charge in [0.15, 0.2) is 0 Å². The lowest BCUT2D eigenvalue weighted by molar-refractivity contribution is 0.0699. The standard InChI is InChI=1S/C18H11ClINO3S/c19-12-3-1-2-11(8-12)16-15(18(23)24)14(9-25-16)21-17(22)10-4-6-13(20)7-5-10/h1-9H,(H,21,22)(H,23,24). The fourth-order valence-electron chi connectivity index (χ4n) is 2.30. The van der Waals surface area contributed by atoms with Gasteiger partial charge in [-0.25, -0.2) is 4.79 Å². The molecule has 0 spiro atoms. The van der Waals surface area contributed by atoms with Gasteiger partial charge in [0.25, 0.3) is 5.91 Å². The van der Waals surface area contributed by atoms with Gasteiger partial charge < -0.3 is 10.4 Å². The first-order valence-corrected chi connectivity index (χ1v) is 9.47. The van der Waals surface area contributed by atoms with Gasteiger partial charge in [0.1, 0.15) is 5.56 Å². The van der Waals surface area contributed by atoms with Crippen molar-refractivity contribution in [3.63, 3.8) is 0 Å². The second-order valence-electron chi connectivity index (χ2n) is 5.13. The van der Waals surface area contributed by atoms with E-state index in [-0.39, 0.29) is 17.2 Å². The monoisotopic (exact) mass is 483 g/mol. The number of thiophene rings is 1. The lowest BCUT2D eigenvalue weighted by Gasteiger charge is -2.07. The number of hydrogen-bond donors (Lipinski definition) is 2. The molecule has 7 heteroatoms. The quantitative estimate of drug-likeness (QED) is 0.473. The van der Waals surface area contributed by atoms with Gasteiger partial charge in [0, 0.05) is 19.5 Å². The van der Waals surface area contributed by atoms with Crippen molar-refractivity contribution in [3.8, 4) is 10.4 Å². The molecule has 126 valence electrons. The summed E-state index contributed by atoms with van der Waals surface area (Å²) in [5, 5.41) is 14.4. The Bertz CT molecular complexity index is 953. The molecule has 3 aromatic rings. The second kappa shape index (κ2) is 7.55. The van der Waals surface area contributed by atoms with Crippen LogP contribution in [0.15, 0.2) is 53.9 Å². The number of aromatic carboxylic acids is 1. The topological polar surface area (TPSA) is 66.4 Å². The summed E-state index contributed by atoms with van der Waals surface area (Å²) < 4.78 is 1.01. The SMILES string of the molecule is O=C(Nc1csc(-c2cccc(Cl)c2)c1C(=O)O)c1ccc(I)cc1. The van der Waals surface area contributed by atoms with Crippen LogP contribution in [-0.4, -0.2) is 17.0 Å². The van der Waals surface area contributed by atoms with Crippen LogP contribution in [0.2, 0.25) is 5.02 Å².